The lowest BCUT2D eigenvalue weighted by Crippen LogP contribution is -2.31. The van der Waals surface area contributed by atoms with E-state index in [0.29, 0.717) is 22.3 Å². The van der Waals surface area contributed by atoms with E-state index in [2.05, 4.69) is 4.98 Å². The maximum absolute atomic E-state index is 13.4. The summed E-state index contributed by atoms with van der Waals surface area (Å²) >= 11 is 7.75. The number of rotatable bonds is 6. The van der Waals surface area contributed by atoms with Crippen LogP contribution in [0.5, 0.6) is 0 Å². The van der Waals surface area contributed by atoms with Crippen LogP contribution in [0, 0.1) is 6.92 Å². The fraction of sp³-hybridized carbons (Fsp3) is 0.174. The molecule has 6 nitrogen and oxygen atoms in total. The van der Waals surface area contributed by atoms with E-state index in [0.717, 1.165) is 27.6 Å². The number of pyridine rings is 1. The van der Waals surface area contributed by atoms with E-state index in [-0.39, 0.29) is 17.2 Å². The van der Waals surface area contributed by atoms with E-state index in [1.54, 1.807) is 29.4 Å². The summed E-state index contributed by atoms with van der Waals surface area (Å²) < 4.78 is 24.2. The third kappa shape index (κ3) is 4.82. The number of nitrogens with zero attached hydrogens (tertiary/aromatic N) is 3. The minimum absolute atomic E-state index is 0.104. The van der Waals surface area contributed by atoms with Crippen LogP contribution >= 0.6 is 22.9 Å². The maximum atomic E-state index is 13.4. The molecule has 0 aliphatic rings. The third-order valence-electron chi connectivity index (χ3n) is 4.99. The Labute approximate surface area is 195 Å². The lowest BCUT2D eigenvalue weighted by molar-refractivity contribution is -0.118. The number of hydrogen-bond donors (Lipinski definition) is 0. The Kier molecular flexibility index (Phi) is 6.28. The van der Waals surface area contributed by atoms with Crippen molar-refractivity contribution in [1.29, 1.82) is 0 Å². The van der Waals surface area contributed by atoms with Crippen molar-refractivity contribution >= 4 is 54.0 Å². The quantitative estimate of drug-likeness (QED) is 0.390. The van der Waals surface area contributed by atoms with Crippen LogP contribution in [0.3, 0.4) is 0 Å². The molecule has 0 aliphatic heterocycles. The summed E-state index contributed by atoms with van der Waals surface area (Å²) in [5.41, 5.74) is 3.35. The molecule has 9 heteroatoms. The summed E-state index contributed by atoms with van der Waals surface area (Å²) in [4.78, 5) is 24.1. The smallest absolute Gasteiger partial charge is 0.233 e. The first kappa shape index (κ1) is 22.4. The predicted octanol–water partition coefficient (Wildman–Crippen LogP) is 4.83. The summed E-state index contributed by atoms with van der Waals surface area (Å²) in [6.07, 6.45) is 4.66. The number of anilines is 1. The third-order valence-corrected chi connectivity index (χ3v) is 7.66. The van der Waals surface area contributed by atoms with Crippen molar-refractivity contribution in [3.05, 3.63) is 82.6 Å². The lowest BCUT2D eigenvalue weighted by atomic mass is 10.1. The minimum atomic E-state index is -3.29. The molecule has 0 atom stereocenters. The van der Waals surface area contributed by atoms with E-state index >= 15 is 0 Å². The Balaban J connectivity index is 1.69. The molecule has 2 aromatic heterocycles. The molecule has 4 rings (SSSR count). The first-order valence-corrected chi connectivity index (χ1v) is 12.8. The van der Waals surface area contributed by atoms with Crippen molar-refractivity contribution < 1.29 is 13.2 Å². The molecule has 0 saturated heterocycles. The van der Waals surface area contributed by atoms with Gasteiger partial charge in [0.2, 0.25) is 5.91 Å². The second kappa shape index (κ2) is 8.97. The average molecular weight is 486 g/mol. The molecule has 4 aromatic rings. The number of aromatic nitrogens is 2. The van der Waals surface area contributed by atoms with Crippen LogP contribution in [-0.4, -0.2) is 30.5 Å². The zero-order valence-corrected chi connectivity index (χ0v) is 19.8. The highest BCUT2D eigenvalue weighted by molar-refractivity contribution is 7.90. The molecular weight excluding hydrogens is 466 g/mol. The van der Waals surface area contributed by atoms with Gasteiger partial charge >= 0.3 is 0 Å². The fourth-order valence-electron chi connectivity index (χ4n) is 3.27. The summed E-state index contributed by atoms with van der Waals surface area (Å²) in [7, 11) is -3.29. The van der Waals surface area contributed by atoms with Gasteiger partial charge in [0.15, 0.2) is 15.0 Å². The van der Waals surface area contributed by atoms with Crippen LogP contribution in [0.1, 0.15) is 16.7 Å². The Bertz CT molecular complexity index is 1350. The van der Waals surface area contributed by atoms with Crippen LogP contribution in [0.4, 0.5) is 5.13 Å². The van der Waals surface area contributed by atoms with Crippen LogP contribution in [-0.2, 0) is 27.6 Å². The number of benzene rings is 2. The summed E-state index contributed by atoms with van der Waals surface area (Å²) in [6.45, 7) is 2.27. The number of hydrogen-bond acceptors (Lipinski definition) is 6. The van der Waals surface area contributed by atoms with Crippen molar-refractivity contribution in [1.82, 2.24) is 9.97 Å². The topological polar surface area (TPSA) is 80.2 Å². The molecule has 0 fully saturated rings. The largest absolute Gasteiger partial charge is 0.283 e. The van der Waals surface area contributed by atoms with Crippen LogP contribution in [0.15, 0.2) is 65.8 Å². The van der Waals surface area contributed by atoms with Gasteiger partial charge in [-0.05, 0) is 47.9 Å². The zero-order valence-electron chi connectivity index (χ0n) is 17.4. The second-order valence-electron chi connectivity index (χ2n) is 7.47. The molecule has 164 valence electrons. The Morgan fingerprint density at radius 2 is 1.84 bits per heavy atom. The molecule has 0 spiro atoms. The molecule has 2 aromatic carbocycles. The number of carbonyl (C=O) groups is 1. The van der Waals surface area contributed by atoms with Crippen molar-refractivity contribution in [2.45, 2.75) is 24.8 Å². The molecule has 0 bridgehead atoms. The first-order chi connectivity index (χ1) is 15.2. The Hall–Kier alpha value is -2.81. The van der Waals surface area contributed by atoms with Gasteiger partial charge in [0, 0.05) is 18.6 Å². The Morgan fingerprint density at radius 1 is 1.09 bits per heavy atom. The fourth-order valence-corrected chi connectivity index (χ4v) is 5.23. The van der Waals surface area contributed by atoms with E-state index in [4.69, 9.17) is 16.6 Å². The van der Waals surface area contributed by atoms with Gasteiger partial charge < -0.3 is 0 Å². The standard InChI is InChI=1S/C23H20ClN3O3S2/c1-15-5-10-19(24)22-21(15)26-23(31-22)27(14-17-4-3-11-25-13-17)20(28)12-16-6-8-18(9-7-16)32(2,29)30/h3-11,13H,12,14H2,1-2H3. The van der Waals surface area contributed by atoms with Crippen LogP contribution in [0.2, 0.25) is 5.02 Å². The number of sulfone groups is 1. The monoisotopic (exact) mass is 485 g/mol. The highest BCUT2D eigenvalue weighted by atomic mass is 35.5. The normalized spacial score (nSPS) is 11.6. The molecule has 2 heterocycles. The van der Waals surface area contributed by atoms with Crippen LogP contribution < -0.4 is 4.90 Å². The van der Waals surface area contributed by atoms with Crippen molar-refractivity contribution in [2.75, 3.05) is 11.2 Å². The Morgan fingerprint density at radius 3 is 2.47 bits per heavy atom. The van der Waals surface area contributed by atoms with Gasteiger partial charge in [-0.2, -0.15) is 0 Å². The van der Waals surface area contributed by atoms with E-state index in [9.17, 15) is 13.2 Å². The van der Waals surface area contributed by atoms with Gasteiger partial charge in [0.1, 0.15) is 0 Å². The van der Waals surface area contributed by atoms with Gasteiger partial charge in [-0.1, -0.05) is 47.2 Å². The van der Waals surface area contributed by atoms with E-state index in [1.807, 2.05) is 31.2 Å². The molecule has 0 radical (unpaired) electrons. The molecule has 0 aliphatic carbocycles. The van der Waals surface area contributed by atoms with Gasteiger partial charge in [-0.3, -0.25) is 14.7 Å². The van der Waals surface area contributed by atoms with Crippen molar-refractivity contribution in [3.63, 3.8) is 0 Å². The lowest BCUT2D eigenvalue weighted by Gasteiger charge is -2.20. The second-order valence-corrected chi connectivity index (χ2v) is 10.9. The minimum Gasteiger partial charge on any atom is -0.283 e. The SMILES string of the molecule is Cc1ccc(Cl)c2sc(N(Cc3cccnc3)C(=O)Cc3ccc(S(C)(=O)=O)cc3)nc12. The van der Waals surface area contributed by atoms with Gasteiger partial charge in [0.25, 0.3) is 0 Å². The number of amides is 1. The highest BCUT2D eigenvalue weighted by Crippen LogP contribution is 2.36. The van der Waals surface area contributed by atoms with Gasteiger partial charge in [0.05, 0.1) is 33.1 Å². The van der Waals surface area contributed by atoms with Gasteiger partial charge in [-0.25, -0.2) is 13.4 Å². The van der Waals surface area contributed by atoms with Crippen molar-refractivity contribution in [3.8, 4) is 0 Å². The molecule has 0 N–H and O–H groups in total. The molecule has 1 amide bonds. The zero-order chi connectivity index (χ0) is 22.9. The maximum Gasteiger partial charge on any atom is 0.233 e. The summed E-state index contributed by atoms with van der Waals surface area (Å²) in [6, 6.07) is 13.8. The molecule has 0 saturated carbocycles. The predicted molar refractivity (Wildman–Crippen MR) is 128 cm³/mol. The van der Waals surface area contributed by atoms with Crippen LogP contribution in [0.25, 0.3) is 10.2 Å². The number of carbonyl (C=O) groups excluding carboxylic acids is 1. The van der Waals surface area contributed by atoms with Gasteiger partial charge in [-0.15, -0.1) is 0 Å². The summed E-state index contributed by atoms with van der Waals surface area (Å²) in [5.74, 6) is -0.159. The average Bonchev–Trinajstić information content (AvgIpc) is 3.21. The van der Waals surface area contributed by atoms with E-state index < -0.39 is 9.84 Å². The highest BCUT2D eigenvalue weighted by Gasteiger charge is 2.22. The number of halogens is 1. The van der Waals surface area contributed by atoms with Crippen molar-refractivity contribution in [2.24, 2.45) is 0 Å². The van der Waals surface area contributed by atoms with E-state index in [1.165, 1.54) is 23.5 Å². The number of thiazole rings is 1. The molecular formula is C23H20ClN3O3S2. The number of fused-ring (bicyclic) bond motifs is 1. The number of aryl methyl sites for hydroxylation is 1. The molecule has 32 heavy (non-hydrogen) atoms. The molecule has 0 unspecified atom stereocenters. The first-order valence-electron chi connectivity index (χ1n) is 9.76. The summed E-state index contributed by atoms with van der Waals surface area (Å²) in [5, 5.41) is 1.15.